The molecular weight excluding hydrogens is 1070 g/mol. The Balaban J connectivity index is 2.05. The first-order valence-corrected chi connectivity index (χ1v) is 37.1. The first-order chi connectivity index (χ1) is 42.3. The number of aliphatic hydroxyl groups is 5. The van der Waals surface area contributed by atoms with E-state index in [2.05, 4.69) is 92.1 Å². The third-order valence-electron chi connectivity index (χ3n) is 17.6. The van der Waals surface area contributed by atoms with Gasteiger partial charge in [0.1, 0.15) is 24.4 Å². The summed E-state index contributed by atoms with van der Waals surface area (Å²) in [6.45, 7) is 3.77. The molecule has 0 bridgehead atoms. The van der Waals surface area contributed by atoms with Crippen molar-refractivity contribution >= 4 is 5.91 Å². The van der Waals surface area contributed by atoms with Gasteiger partial charge in [0.25, 0.3) is 0 Å². The average molecular weight is 1210 g/mol. The smallest absolute Gasteiger partial charge is 0.220 e. The molecule has 0 spiro atoms. The van der Waals surface area contributed by atoms with E-state index < -0.39 is 49.5 Å². The Bertz CT molecular complexity index is 1590. The number of allylic oxidation sites excluding steroid dienone is 12. The molecule has 0 aromatic rings. The van der Waals surface area contributed by atoms with Crippen LogP contribution >= 0.6 is 0 Å². The fourth-order valence-electron chi connectivity index (χ4n) is 11.8. The quantitative estimate of drug-likeness (QED) is 0.0261. The van der Waals surface area contributed by atoms with Crippen molar-refractivity contribution in [2.45, 2.75) is 397 Å². The first-order valence-electron chi connectivity index (χ1n) is 37.1. The molecule has 0 aliphatic carbocycles. The Morgan fingerprint density at radius 1 is 0.407 bits per heavy atom. The number of ether oxygens (including phenoxy) is 2. The zero-order valence-corrected chi connectivity index (χ0v) is 56.3. The van der Waals surface area contributed by atoms with Crippen molar-refractivity contribution in [3.05, 3.63) is 72.9 Å². The van der Waals surface area contributed by atoms with E-state index in [-0.39, 0.29) is 12.5 Å². The molecule has 502 valence electrons. The molecule has 0 saturated carbocycles. The van der Waals surface area contributed by atoms with E-state index in [0.29, 0.717) is 12.8 Å². The second-order valence-corrected chi connectivity index (χ2v) is 25.7. The molecule has 0 aromatic carbocycles. The Labute approximate surface area is 531 Å². The number of unbranched alkanes of at least 4 members (excludes halogenated alkanes) is 43. The number of hydrogen-bond donors (Lipinski definition) is 6. The minimum Gasteiger partial charge on any atom is -0.394 e. The molecular formula is C77H141NO8. The SMILES string of the molecule is CC/C=C\C/C=C\C/C=C\C/C=C\C/C=C\C/C=C\CCCCCCCCCCCCCCCCCCCCCCCCC(=O)NC(COC1OC(CO)C(O)C(O)C1O)C(O)CCCCCCCCCCCCCCCCCCCCCCCC. The maximum Gasteiger partial charge on any atom is 0.220 e. The molecule has 6 N–H and O–H groups in total. The molecule has 1 saturated heterocycles. The Morgan fingerprint density at radius 3 is 1.07 bits per heavy atom. The van der Waals surface area contributed by atoms with Crippen molar-refractivity contribution in [3.63, 3.8) is 0 Å². The van der Waals surface area contributed by atoms with Gasteiger partial charge in [-0.05, 0) is 64.2 Å². The second kappa shape index (κ2) is 65.6. The van der Waals surface area contributed by atoms with E-state index in [9.17, 15) is 30.3 Å². The van der Waals surface area contributed by atoms with E-state index in [1.807, 2.05) is 0 Å². The maximum absolute atomic E-state index is 13.2. The van der Waals surface area contributed by atoms with Gasteiger partial charge in [0, 0.05) is 6.42 Å². The molecule has 1 amide bonds. The van der Waals surface area contributed by atoms with Crippen molar-refractivity contribution in [2.75, 3.05) is 13.2 Å². The summed E-state index contributed by atoms with van der Waals surface area (Å²) in [5.41, 5.74) is 0. The van der Waals surface area contributed by atoms with Crippen LogP contribution in [0.2, 0.25) is 0 Å². The molecule has 7 atom stereocenters. The van der Waals surface area contributed by atoms with Gasteiger partial charge in [-0.25, -0.2) is 0 Å². The summed E-state index contributed by atoms with van der Waals surface area (Å²) in [5, 5.41) is 55.0. The highest BCUT2D eigenvalue weighted by Crippen LogP contribution is 2.24. The maximum atomic E-state index is 13.2. The molecule has 86 heavy (non-hydrogen) atoms. The normalized spacial score (nSPS) is 18.4. The summed E-state index contributed by atoms with van der Waals surface area (Å²) in [6.07, 6.45) is 85.6. The summed E-state index contributed by atoms with van der Waals surface area (Å²) in [6, 6.07) is -0.720. The van der Waals surface area contributed by atoms with Crippen molar-refractivity contribution in [3.8, 4) is 0 Å². The number of aliphatic hydroxyl groups excluding tert-OH is 5. The highest BCUT2D eigenvalue weighted by molar-refractivity contribution is 5.76. The lowest BCUT2D eigenvalue weighted by atomic mass is 9.99. The average Bonchev–Trinajstić information content (AvgIpc) is 2.36. The molecule has 1 rings (SSSR count). The summed E-state index contributed by atoms with van der Waals surface area (Å²) in [4.78, 5) is 13.2. The lowest BCUT2D eigenvalue weighted by Gasteiger charge is -2.40. The van der Waals surface area contributed by atoms with Crippen LogP contribution in [0, 0.1) is 0 Å². The van der Waals surface area contributed by atoms with Gasteiger partial charge < -0.3 is 40.3 Å². The summed E-state index contributed by atoms with van der Waals surface area (Å²) >= 11 is 0. The van der Waals surface area contributed by atoms with Crippen molar-refractivity contribution in [1.82, 2.24) is 5.32 Å². The minimum atomic E-state index is -1.55. The summed E-state index contributed by atoms with van der Waals surface area (Å²) in [7, 11) is 0. The Kier molecular flexibility index (Phi) is 62.3. The number of amides is 1. The van der Waals surface area contributed by atoms with Crippen LogP contribution in [0.15, 0.2) is 72.9 Å². The lowest BCUT2D eigenvalue weighted by molar-refractivity contribution is -0.302. The van der Waals surface area contributed by atoms with Crippen molar-refractivity contribution < 1.29 is 39.8 Å². The van der Waals surface area contributed by atoms with Crippen LogP contribution in [0.4, 0.5) is 0 Å². The van der Waals surface area contributed by atoms with Crippen molar-refractivity contribution in [1.29, 1.82) is 0 Å². The van der Waals surface area contributed by atoms with Gasteiger partial charge in [0.2, 0.25) is 5.91 Å². The van der Waals surface area contributed by atoms with Gasteiger partial charge in [-0.2, -0.15) is 0 Å². The predicted molar refractivity (Wildman–Crippen MR) is 369 cm³/mol. The monoisotopic (exact) mass is 1210 g/mol. The number of hydrogen-bond acceptors (Lipinski definition) is 8. The molecule has 1 fully saturated rings. The van der Waals surface area contributed by atoms with Crippen LogP contribution in [-0.4, -0.2) is 87.5 Å². The highest BCUT2D eigenvalue weighted by Gasteiger charge is 2.44. The largest absolute Gasteiger partial charge is 0.394 e. The van der Waals surface area contributed by atoms with Gasteiger partial charge in [0.15, 0.2) is 6.29 Å². The van der Waals surface area contributed by atoms with Crippen LogP contribution < -0.4 is 5.32 Å². The summed E-state index contributed by atoms with van der Waals surface area (Å²) in [5.74, 6) is -0.138. The number of carbonyl (C=O) groups is 1. The number of rotatable bonds is 65. The van der Waals surface area contributed by atoms with Crippen LogP contribution in [0.25, 0.3) is 0 Å². The Morgan fingerprint density at radius 2 is 0.721 bits per heavy atom. The molecule has 1 aliphatic rings. The molecule has 1 heterocycles. The zero-order chi connectivity index (χ0) is 62.1. The fourth-order valence-corrected chi connectivity index (χ4v) is 11.8. The minimum absolute atomic E-state index is 0.135. The van der Waals surface area contributed by atoms with Crippen molar-refractivity contribution in [2.24, 2.45) is 0 Å². The molecule has 0 radical (unpaired) electrons. The van der Waals surface area contributed by atoms with E-state index in [0.717, 1.165) is 77.0 Å². The third kappa shape index (κ3) is 53.5. The van der Waals surface area contributed by atoms with Gasteiger partial charge in [-0.3, -0.25) is 4.79 Å². The summed E-state index contributed by atoms with van der Waals surface area (Å²) < 4.78 is 11.4. The van der Waals surface area contributed by atoms with E-state index in [1.54, 1.807) is 0 Å². The number of carbonyl (C=O) groups excluding carboxylic acids is 1. The van der Waals surface area contributed by atoms with Gasteiger partial charge >= 0.3 is 0 Å². The second-order valence-electron chi connectivity index (χ2n) is 25.7. The predicted octanol–water partition coefficient (Wildman–Crippen LogP) is 20.7. The van der Waals surface area contributed by atoms with Gasteiger partial charge in [-0.15, -0.1) is 0 Å². The Hall–Kier alpha value is -2.37. The van der Waals surface area contributed by atoms with Gasteiger partial charge in [-0.1, -0.05) is 356 Å². The molecule has 9 heteroatoms. The van der Waals surface area contributed by atoms with E-state index in [4.69, 9.17) is 9.47 Å². The number of nitrogens with one attached hydrogen (secondary N) is 1. The van der Waals surface area contributed by atoms with Crippen LogP contribution in [0.1, 0.15) is 354 Å². The van der Waals surface area contributed by atoms with E-state index in [1.165, 1.54) is 250 Å². The fraction of sp³-hybridized carbons (Fsp3) is 0.831. The standard InChI is InChI=1S/C77H141NO8/c1-3-5-7-9-11-13-15-17-19-21-23-25-27-28-29-30-31-32-33-34-35-36-37-38-39-40-41-42-43-44-45-47-49-51-53-55-57-59-61-63-65-67-73(81)78-70(69-85-77-76(84)75(83)74(82)72(68-79)86-77)71(80)66-64-62-60-58-56-54-52-50-48-46-26-24-22-20-18-16-14-12-10-8-6-4-2/h5,7,11,13,17,19,23,25,28-29,31-32,70-72,74-77,79-80,82-84H,3-4,6,8-10,12,14-16,18,20-22,24,26-27,30,33-69H2,1-2H3,(H,78,81)/b7-5-,13-11-,19-17-,25-23-,29-28-,32-31-. The third-order valence-corrected chi connectivity index (χ3v) is 17.6. The molecule has 9 nitrogen and oxygen atoms in total. The zero-order valence-electron chi connectivity index (χ0n) is 56.3. The first kappa shape index (κ1) is 81.6. The van der Waals surface area contributed by atoms with Crippen LogP contribution in [-0.2, 0) is 14.3 Å². The van der Waals surface area contributed by atoms with E-state index >= 15 is 0 Å². The van der Waals surface area contributed by atoms with Crippen LogP contribution in [0.5, 0.6) is 0 Å². The molecule has 1 aliphatic heterocycles. The highest BCUT2D eigenvalue weighted by atomic mass is 16.7. The van der Waals surface area contributed by atoms with Crippen LogP contribution in [0.3, 0.4) is 0 Å². The van der Waals surface area contributed by atoms with Gasteiger partial charge in [0.05, 0.1) is 25.4 Å². The molecule has 7 unspecified atom stereocenters. The lowest BCUT2D eigenvalue weighted by Crippen LogP contribution is -2.60. The topological polar surface area (TPSA) is 149 Å². The molecule has 0 aromatic heterocycles.